The molecule has 8 rings (SSSR count). The number of fused-ring (bicyclic) bond motifs is 5. The Bertz CT molecular complexity index is 2120. The Balaban J connectivity index is 1.09. The second-order valence-electron chi connectivity index (χ2n) is 18.7. The molecule has 4 aliphatic carbocycles. The molecule has 2 saturated carbocycles. The number of hydrogen-bond acceptors (Lipinski definition) is 7. The number of esters is 1. The fourth-order valence-electron chi connectivity index (χ4n) is 11.6. The molecule has 4 aliphatic rings. The van der Waals surface area contributed by atoms with Gasteiger partial charge in [0, 0.05) is 29.6 Å². The lowest BCUT2D eigenvalue weighted by Gasteiger charge is -2.50. The number of aliphatic hydroxyl groups is 2. The van der Waals surface area contributed by atoms with E-state index in [1.54, 1.807) is 13.0 Å². The van der Waals surface area contributed by atoms with Gasteiger partial charge in [0.05, 0.1) is 12.2 Å². The lowest BCUT2D eigenvalue weighted by Crippen LogP contribution is -2.61. The van der Waals surface area contributed by atoms with Crippen LogP contribution in [0, 0.1) is 29.1 Å². The highest BCUT2D eigenvalue weighted by Gasteiger charge is 2.83. The molecule has 0 aliphatic heterocycles. The molecule has 0 amide bonds. The van der Waals surface area contributed by atoms with Crippen molar-refractivity contribution < 1.29 is 29.3 Å². The summed E-state index contributed by atoms with van der Waals surface area (Å²) in [6.07, 6.45) is 9.81. The van der Waals surface area contributed by atoms with Crippen LogP contribution >= 0.6 is 0 Å². The third-order valence-corrected chi connectivity index (χ3v) is 14.8. The van der Waals surface area contributed by atoms with Gasteiger partial charge in [0.2, 0.25) is 0 Å². The minimum atomic E-state index is -1.87. The average Bonchev–Trinajstić information content (AvgIpc) is 3.67. The highest BCUT2D eigenvalue weighted by Crippen LogP contribution is 2.76. The van der Waals surface area contributed by atoms with Crippen molar-refractivity contribution >= 4 is 11.8 Å². The summed E-state index contributed by atoms with van der Waals surface area (Å²) in [4.78, 5) is 28.0. The van der Waals surface area contributed by atoms with Gasteiger partial charge in [-0.25, -0.2) is 0 Å². The van der Waals surface area contributed by atoms with Crippen LogP contribution in [0.15, 0.2) is 145 Å². The van der Waals surface area contributed by atoms with Crippen LogP contribution in [0.4, 0.5) is 0 Å². The predicted octanol–water partition coefficient (Wildman–Crippen LogP) is 9.05. The number of ketones is 1. The number of unbranched alkanes of at least 4 members (excludes halogenated alkanes) is 3. The SMILES string of the molecule is CC1=C[C@H]2[C@@]3(O)[C@H](C)C[C@]4(OC(=O)[C@H](N)CCCCCCc5ccccc5)[C@H]([C@@H]3C=C(COC(c3ccccc3)(c3ccccc3)c3ccccc3)C[C@]2(O)C1=O)C4(C)C. The van der Waals surface area contributed by atoms with Gasteiger partial charge in [-0.2, -0.15) is 0 Å². The standard InChI is InChI=1S/C53H61NO6/c1-36-31-45-50(57,47(36)55)34-39(35-59-53(40-24-14-8-15-25-40,41-26-16-9-17-27-41)42-28-18-10-19-29-42)32-43-46-49(3,4)51(46,33-37(2)52(43,45)58)60-48(56)44(54)30-20-6-5-11-21-38-22-12-7-13-23-38/h7-10,12-19,22-29,31-32,37,43-46,57-58H,5-6,11,20-21,30,33-35,54H2,1-4H3/t37-,43+,44-,45-,46-,50-,51+,52-/m1/s1. The molecular formula is C53H61NO6. The molecule has 8 atom stereocenters. The van der Waals surface area contributed by atoms with Crippen LogP contribution in [-0.4, -0.2) is 51.4 Å². The normalized spacial score (nSPS) is 29.6. The number of carbonyl (C=O) groups excluding carboxylic acids is 2. The molecular weight excluding hydrogens is 747 g/mol. The number of Topliss-reactive ketones (excluding diaryl/α,β-unsaturated/α-hetero) is 1. The van der Waals surface area contributed by atoms with Crippen LogP contribution in [0.3, 0.4) is 0 Å². The van der Waals surface area contributed by atoms with E-state index in [4.69, 9.17) is 15.2 Å². The van der Waals surface area contributed by atoms with Gasteiger partial charge in [-0.15, -0.1) is 0 Å². The maximum Gasteiger partial charge on any atom is 0.323 e. The summed E-state index contributed by atoms with van der Waals surface area (Å²) >= 11 is 0. The average molecular weight is 808 g/mol. The molecule has 0 heterocycles. The van der Waals surface area contributed by atoms with Crippen molar-refractivity contribution in [3.05, 3.63) is 167 Å². The highest BCUT2D eigenvalue weighted by molar-refractivity contribution is 6.04. The molecule has 0 radical (unpaired) electrons. The van der Waals surface area contributed by atoms with Crippen molar-refractivity contribution in [1.29, 1.82) is 0 Å². The monoisotopic (exact) mass is 807 g/mol. The van der Waals surface area contributed by atoms with Gasteiger partial charge in [-0.1, -0.05) is 174 Å². The number of nitrogens with two attached hydrogens (primary N) is 1. The summed E-state index contributed by atoms with van der Waals surface area (Å²) in [6, 6.07) is 40.1. The summed E-state index contributed by atoms with van der Waals surface area (Å²) < 4.78 is 13.9. The van der Waals surface area contributed by atoms with E-state index in [0.29, 0.717) is 24.0 Å². The van der Waals surface area contributed by atoms with E-state index in [9.17, 15) is 19.8 Å². The summed E-state index contributed by atoms with van der Waals surface area (Å²) in [5, 5.41) is 25.9. The summed E-state index contributed by atoms with van der Waals surface area (Å²) in [7, 11) is 0. The Kier molecular flexibility index (Phi) is 11.4. The maximum absolute atomic E-state index is 14.1. The van der Waals surface area contributed by atoms with Crippen LogP contribution < -0.4 is 5.73 Å². The molecule has 4 aromatic rings. The topological polar surface area (TPSA) is 119 Å². The third kappa shape index (κ3) is 7.01. The zero-order valence-electron chi connectivity index (χ0n) is 35.6. The van der Waals surface area contributed by atoms with E-state index in [1.165, 1.54) is 5.56 Å². The number of ether oxygens (including phenoxy) is 2. The van der Waals surface area contributed by atoms with Gasteiger partial charge in [-0.3, -0.25) is 9.59 Å². The number of benzene rings is 4. The summed E-state index contributed by atoms with van der Waals surface area (Å²) in [6.45, 7) is 7.97. The molecule has 0 unspecified atom stereocenters. The van der Waals surface area contributed by atoms with E-state index in [2.05, 4.69) is 80.6 Å². The van der Waals surface area contributed by atoms with Gasteiger partial charge in [0.25, 0.3) is 0 Å². The van der Waals surface area contributed by atoms with Crippen molar-refractivity contribution in [1.82, 2.24) is 0 Å². The molecule has 7 heteroatoms. The molecule has 0 bridgehead atoms. The van der Waals surface area contributed by atoms with E-state index in [-0.39, 0.29) is 24.7 Å². The first-order chi connectivity index (χ1) is 28.8. The van der Waals surface area contributed by atoms with Crippen LogP contribution in [0.2, 0.25) is 0 Å². The van der Waals surface area contributed by atoms with Crippen molar-refractivity contribution in [3.63, 3.8) is 0 Å². The molecule has 7 nitrogen and oxygen atoms in total. The van der Waals surface area contributed by atoms with Crippen LogP contribution in [0.25, 0.3) is 0 Å². The molecule has 314 valence electrons. The smallest absolute Gasteiger partial charge is 0.323 e. The van der Waals surface area contributed by atoms with Gasteiger partial charge < -0.3 is 25.4 Å². The lowest BCUT2D eigenvalue weighted by atomic mass is 9.60. The van der Waals surface area contributed by atoms with Crippen LogP contribution in [0.5, 0.6) is 0 Å². The first-order valence-electron chi connectivity index (χ1n) is 22.0. The molecule has 4 N–H and O–H groups in total. The third-order valence-electron chi connectivity index (χ3n) is 14.8. The molecule has 0 saturated heterocycles. The lowest BCUT2D eigenvalue weighted by molar-refractivity contribution is -0.187. The van der Waals surface area contributed by atoms with Crippen molar-refractivity contribution in [2.75, 3.05) is 6.61 Å². The summed E-state index contributed by atoms with van der Waals surface area (Å²) in [5.74, 6) is -2.92. The number of hydrogen-bond donors (Lipinski definition) is 3. The molecule has 2 fully saturated rings. The van der Waals surface area contributed by atoms with E-state index in [1.807, 2.05) is 67.6 Å². The second-order valence-corrected chi connectivity index (χ2v) is 18.7. The van der Waals surface area contributed by atoms with Crippen molar-refractivity contribution in [2.45, 2.75) is 108 Å². The van der Waals surface area contributed by atoms with E-state index in [0.717, 1.165) is 48.8 Å². The Morgan fingerprint density at radius 3 is 1.90 bits per heavy atom. The predicted molar refractivity (Wildman–Crippen MR) is 235 cm³/mol. The zero-order valence-corrected chi connectivity index (χ0v) is 35.6. The van der Waals surface area contributed by atoms with Crippen LogP contribution in [0.1, 0.15) is 94.9 Å². The Labute approximate surface area is 355 Å². The van der Waals surface area contributed by atoms with E-state index >= 15 is 0 Å². The fraction of sp³-hybridized carbons (Fsp3) is 0.434. The van der Waals surface area contributed by atoms with Crippen molar-refractivity contribution in [3.8, 4) is 0 Å². The van der Waals surface area contributed by atoms with Crippen molar-refractivity contribution in [2.24, 2.45) is 34.8 Å². The van der Waals surface area contributed by atoms with Gasteiger partial charge >= 0.3 is 5.97 Å². The van der Waals surface area contributed by atoms with Crippen LogP contribution in [-0.2, 0) is 31.1 Å². The van der Waals surface area contributed by atoms with Gasteiger partial charge in [-0.05, 0) is 71.9 Å². The Morgan fingerprint density at radius 2 is 1.33 bits per heavy atom. The van der Waals surface area contributed by atoms with Gasteiger partial charge in [0.1, 0.15) is 22.8 Å². The number of rotatable bonds is 15. The van der Waals surface area contributed by atoms with Gasteiger partial charge in [0.15, 0.2) is 5.78 Å². The Hall–Kier alpha value is -4.66. The number of carbonyl (C=O) groups is 2. The molecule has 0 aromatic heterocycles. The first kappa shape index (κ1) is 42.0. The summed E-state index contributed by atoms with van der Waals surface area (Å²) in [5.41, 5.74) is 6.05. The fourth-order valence-corrected chi connectivity index (χ4v) is 11.6. The minimum Gasteiger partial charge on any atom is -0.457 e. The van der Waals surface area contributed by atoms with E-state index < -0.39 is 57.6 Å². The quantitative estimate of drug-likeness (QED) is 0.0475. The molecule has 4 aromatic carbocycles. The molecule has 60 heavy (non-hydrogen) atoms. The zero-order chi connectivity index (χ0) is 42.3. The largest absolute Gasteiger partial charge is 0.457 e. The number of aryl methyl sites for hydroxylation is 1. The maximum atomic E-state index is 14.1. The second kappa shape index (κ2) is 16.3. The first-order valence-corrected chi connectivity index (χ1v) is 22.0. The molecule has 0 spiro atoms. The highest BCUT2D eigenvalue weighted by atomic mass is 16.6. The minimum absolute atomic E-state index is 0.000474. The Morgan fingerprint density at radius 1 is 0.800 bits per heavy atom.